The van der Waals surface area contributed by atoms with Gasteiger partial charge in [0.1, 0.15) is 5.52 Å². The number of halogens is 1. The molecule has 8 rings (SSSR count). The number of rotatable bonds is 6. The number of likely N-dealkylation sites (tertiary alicyclic amines) is 1. The van der Waals surface area contributed by atoms with E-state index in [1.807, 2.05) is 6.33 Å². The van der Waals surface area contributed by atoms with Crippen LogP contribution in [-0.2, 0) is 10.2 Å². The number of nitrogens with one attached hydrogen (secondary N) is 2. The van der Waals surface area contributed by atoms with Crippen molar-refractivity contribution in [2.45, 2.75) is 101 Å². The first-order valence-corrected chi connectivity index (χ1v) is 16.1. The van der Waals surface area contributed by atoms with Crippen molar-refractivity contribution in [3.8, 4) is 11.3 Å². The maximum absolute atomic E-state index is 14.4. The number of anilines is 2. The molecule has 42 heavy (non-hydrogen) atoms. The van der Waals surface area contributed by atoms with Crippen LogP contribution in [0.25, 0.3) is 22.3 Å². The Kier molecular flexibility index (Phi) is 7.22. The van der Waals surface area contributed by atoms with Crippen LogP contribution >= 0.6 is 12.4 Å². The summed E-state index contributed by atoms with van der Waals surface area (Å²) in [6.07, 6.45) is 12.3. The number of aromatic nitrogens is 3. The monoisotopic (exact) mass is 589 g/mol. The molecule has 3 aromatic rings. The second-order valence-electron chi connectivity index (χ2n) is 13.5. The Balaban J connectivity index is 0.00000288. The van der Waals surface area contributed by atoms with Gasteiger partial charge in [0.2, 0.25) is 5.91 Å². The molecule has 1 amide bonds. The first-order chi connectivity index (χ1) is 20.0. The van der Waals surface area contributed by atoms with E-state index in [0.717, 1.165) is 72.6 Å². The predicted octanol–water partition coefficient (Wildman–Crippen LogP) is 5.66. The van der Waals surface area contributed by atoms with Gasteiger partial charge >= 0.3 is 0 Å². The number of benzene rings is 1. The lowest BCUT2D eigenvalue weighted by molar-refractivity contribution is -0.125. The number of hydrogen-bond acceptors (Lipinski definition) is 6. The maximum atomic E-state index is 14.4. The number of carbonyl (C=O) groups excluding carboxylic acids is 1. The highest BCUT2D eigenvalue weighted by atomic mass is 35.5. The molecule has 3 aliphatic heterocycles. The van der Waals surface area contributed by atoms with Gasteiger partial charge in [0.05, 0.1) is 23.0 Å². The Morgan fingerprint density at radius 3 is 2.50 bits per heavy atom. The van der Waals surface area contributed by atoms with E-state index in [9.17, 15) is 4.79 Å². The molecule has 0 atom stereocenters. The fourth-order valence-corrected chi connectivity index (χ4v) is 7.92. The van der Waals surface area contributed by atoms with Crippen molar-refractivity contribution in [3.63, 3.8) is 0 Å². The van der Waals surface area contributed by atoms with Crippen LogP contribution in [0.15, 0.2) is 30.6 Å². The molecule has 2 N–H and O–H groups in total. The summed E-state index contributed by atoms with van der Waals surface area (Å²) in [5.74, 6) is 1.27. The van der Waals surface area contributed by atoms with Crippen LogP contribution < -0.4 is 15.5 Å². The van der Waals surface area contributed by atoms with E-state index in [2.05, 4.69) is 63.1 Å². The molecule has 1 spiro atoms. The minimum Gasteiger partial charge on any atom is -0.366 e. The second-order valence-corrected chi connectivity index (χ2v) is 13.5. The Bertz CT molecular complexity index is 1480. The van der Waals surface area contributed by atoms with Gasteiger partial charge in [-0.05, 0) is 109 Å². The third-order valence-corrected chi connectivity index (χ3v) is 10.5. The van der Waals surface area contributed by atoms with Gasteiger partial charge in [0.25, 0.3) is 0 Å². The largest absolute Gasteiger partial charge is 0.366 e. The van der Waals surface area contributed by atoms with Gasteiger partial charge in [0, 0.05) is 35.4 Å². The van der Waals surface area contributed by atoms with Crippen LogP contribution in [-0.4, -0.2) is 69.6 Å². The Labute approximate surface area is 255 Å². The molecule has 2 aliphatic carbocycles. The topological polar surface area (TPSA) is 78.3 Å². The molecule has 2 aromatic heterocycles. The molecule has 9 heteroatoms. The molecule has 0 radical (unpaired) electrons. The zero-order chi connectivity index (χ0) is 27.7. The van der Waals surface area contributed by atoms with E-state index in [0.29, 0.717) is 30.1 Å². The third kappa shape index (κ3) is 4.52. The quantitative estimate of drug-likeness (QED) is 0.386. The molecule has 0 unspecified atom stereocenters. The average molecular weight is 590 g/mol. The zero-order valence-electron chi connectivity index (χ0n) is 24.9. The van der Waals surface area contributed by atoms with E-state index in [4.69, 9.17) is 9.97 Å². The lowest BCUT2D eigenvalue weighted by Crippen LogP contribution is -2.58. The van der Waals surface area contributed by atoms with Crippen LogP contribution in [0.3, 0.4) is 0 Å². The number of amides is 1. The number of hydrogen-bond donors (Lipinski definition) is 2. The van der Waals surface area contributed by atoms with E-state index in [1.165, 1.54) is 50.8 Å². The summed E-state index contributed by atoms with van der Waals surface area (Å²) in [6, 6.07) is 10.6. The maximum Gasteiger partial charge on any atom is 0.238 e. The molecule has 2 saturated heterocycles. The van der Waals surface area contributed by atoms with Crippen molar-refractivity contribution >= 4 is 40.9 Å². The van der Waals surface area contributed by atoms with Crippen LogP contribution in [0, 0.1) is 0 Å². The minimum atomic E-state index is -0.387. The molecule has 5 heterocycles. The van der Waals surface area contributed by atoms with Gasteiger partial charge in [-0.25, -0.2) is 9.97 Å². The highest BCUT2D eigenvalue weighted by Gasteiger charge is 2.54. The molecular weight excluding hydrogens is 546 g/mol. The van der Waals surface area contributed by atoms with Crippen LogP contribution in [0.2, 0.25) is 0 Å². The van der Waals surface area contributed by atoms with Gasteiger partial charge in [-0.3, -0.25) is 4.79 Å². The Morgan fingerprint density at radius 2 is 1.79 bits per heavy atom. The molecule has 5 aliphatic rings. The number of nitrogens with zero attached hydrogens (tertiary/aromatic N) is 5. The van der Waals surface area contributed by atoms with Crippen molar-refractivity contribution in [3.05, 3.63) is 36.2 Å². The first-order valence-electron chi connectivity index (χ1n) is 16.1. The number of piperidine rings is 2. The molecular formula is C33H44ClN7O. The van der Waals surface area contributed by atoms with E-state index >= 15 is 0 Å². The predicted molar refractivity (Wildman–Crippen MR) is 171 cm³/mol. The third-order valence-electron chi connectivity index (χ3n) is 10.5. The van der Waals surface area contributed by atoms with Crippen LogP contribution in [0.5, 0.6) is 0 Å². The lowest BCUT2D eigenvalue weighted by atomic mass is 9.74. The van der Waals surface area contributed by atoms with Crippen molar-refractivity contribution < 1.29 is 4.79 Å². The Hall–Kier alpha value is -2.68. The SMILES string of the molecule is CC(C)n1cnc2cc(-c3ccc4c(c3)N([C@H]3C[C@@H](N5CCCCC5)C3)C(=O)C43CCNCC3)nc(NC3CC3)c21.Cl. The van der Waals surface area contributed by atoms with Crippen molar-refractivity contribution in [2.75, 3.05) is 36.4 Å². The van der Waals surface area contributed by atoms with Crippen molar-refractivity contribution in [1.82, 2.24) is 24.8 Å². The summed E-state index contributed by atoms with van der Waals surface area (Å²) in [7, 11) is 0. The normalized spacial score (nSPS) is 25.5. The summed E-state index contributed by atoms with van der Waals surface area (Å²) >= 11 is 0. The smallest absolute Gasteiger partial charge is 0.238 e. The molecule has 2 saturated carbocycles. The van der Waals surface area contributed by atoms with Crippen LogP contribution in [0.1, 0.15) is 83.2 Å². The fraction of sp³-hybridized carbons (Fsp3) is 0.606. The Morgan fingerprint density at radius 1 is 1.02 bits per heavy atom. The first kappa shape index (κ1) is 28.1. The fourth-order valence-electron chi connectivity index (χ4n) is 7.92. The molecule has 8 nitrogen and oxygen atoms in total. The summed E-state index contributed by atoms with van der Waals surface area (Å²) in [5.41, 5.74) is 6.02. The number of pyridine rings is 1. The van der Waals surface area contributed by atoms with Gasteiger partial charge in [0.15, 0.2) is 5.82 Å². The van der Waals surface area contributed by atoms with E-state index < -0.39 is 0 Å². The second kappa shape index (κ2) is 10.8. The number of carbonyl (C=O) groups is 1. The van der Waals surface area contributed by atoms with Gasteiger partial charge < -0.3 is 25.0 Å². The standard InChI is InChI=1S/C33H43N7O.ClH/c1-21(2)39-20-35-28-19-27(37-31(30(28)39)36-23-7-8-23)22-6-9-26-29(16-22)40(32(41)33(26)10-12-34-13-11-33)25-17-24(18-25)38-14-4-3-5-15-38;/h6,9,16,19-21,23-25,34H,3-5,7-8,10-15,17-18H2,1-2H3,(H,36,37);1H/t24-,25+;. The van der Waals surface area contributed by atoms with E-state index in [-0.39, 0.29) is 17.8 Å². The van der Waals surface area contributed by atoms with Crippen molar-refractivity contribution in [2.24, 2.45) is 0 Å². The van der Waals surface area contributed by atoms with Crippen molar-refractivity contribution in [1.29, 1.82) is 0 Å². The van der Waals surface area contributed by atoms with Gasteiger partial charge in [-0.1, -0.05) is 18.6 Å². The summed E-state index contributed by atoms with van der Waals surface area (Å²) in [4.78, 5) is 29.3. The summed E-state index contributed by atoms with van der Waals surface area (Å²) in [5, 5.41) is 7.19. The molecule has 224 valence electrons. The molecule has 4 fully saturated rings. The van der Waals surface area contributed by atoms with E-state index in [1.54, 1.807) is 0 Å². The number of fused-ring (bicyclic) bond motifs is 3. The summed E-state index contributed by atoms with van der Waals surface area (Å²) < 4.78 is 2.22. The minimum absolute atomic E-state index is 0. The lowest BCUT2D eigenvalue weighted by Gasteiger charge is -2.48. The molecule has 1 aromatic carbocycles. The van der Waals surface area contributed by atoms with Gasteiger partial charge in [-0.2, -0.15) is 0 Å². The number of imidazole rings is 1. The highest BCUT2D eigenvalue weighted by molar-refractivity contribution is 6.09. The average Bonchev–Trinajstić information content (AvgIpc) is 3.63. The van der Waals surface area contributed by atoms with Crippen LogP contribution in [0.4, 0.5) is 11.5 Å². The summed E-state index contributed by atoms with van der Waals surface area (Å²) in [6.45, 7) is 8.62. The highest BCUT2D eigenvalue weighted by Crippen LogP contribution is 2.51. The van der Waals surface area contributed by atoms with Gasteiger partial charge in [-0.15, -0.1) is 12.4 Å². The zero-order valence-corrected chi connectivity index (χ0v) is 25.8. The molecule has 0 bridgehead atoms.